The number of carbonyl (C=O) groups is 1. The fraction of sp³-hybridized carbons (Fsp3) is 0.542. The molecule has 7 heteroatoms. The Morgan fingerprint density at radius 2 is 1.97 bits per heavy atom. The van der Waals surface area contributed by atoms with Crippen molar-refractivity contribution in [3.63, 3.8) is 0 Å². The van der Waals surface area contributed by atoms with Crippen LogP contribution in [0.25, 0.3) is 0 Å². The molecule has 0 saturated carbocycles. The van der Waals surface area contributed by atoms with Crippen LogP contribution in [0.1, 0.15) is 41.9 Å². The lowest BCUT2D eigenvalue weighted by Gasteiger charge is -2.40. The summed E-state index contributed by atoms with van der Waals surface area (Å²) in [6.45, 7) is 11.4. The van der Waals surface area contributed by atoms with Crippen molar-refractivity contribution in [3.05, 3.63) is 53.5 Å². The van der Waals surface area contributed by atoms with Crippen LogP contribution >= 0.6 is 0 Å². The summed E-state index contributed by atoms with van der Waals surface area (Å²) >= 11 is 0. The second-order valence-corrected chi connectivity index (χ2v) is 9.15. The molecule has 3 heterocycles. The Kier molecular flexibility index (Phi) is 7.14. The van der Waals surface area contributed by atoms with Gasteiger partial charge in [0.1, 0.15) is 17.8 Å². The van der Waals surface area contributed by atoms with Gasteiger partial charge in [-0.3, -0.25) is 14.6 Å². The molecule has 0 bridgehead atoms. The molecule has 2 aliphatic rings. The Morgan fingerprint density at radius 3 is 2.77 bits per heavy atom. The van der Waals surface area contributed by atoms with Gasteiger partial charge in [0.05, 0.1) is 6.04 Å². The number of likely N-dealkylation sites (tertiary alicyclic amines) is 1. The lowest BCUT2D eigenvalue weighted by atomic mass is 10.00. The summed E-state index contributed by atoms with van der Waals surface area (Å²) in [5.41, 5.74) is 3.31. The minimum absolute atomic E-state index is 0.135. The molecule has 31 heavy (non-hydrogen) atoms. The average Bonchev–Trinajstić information content (AvgIpc) is 2.75. The number of hydrogen-bond donors (Lipinski definition) is 2. The molecule has 2 N–H and O–H groups in total. The van der Waals surface area contributed by atoms with Gasteiger partial charge in [-0.25, -0.2) is 9.97 Å². The molecule has 0 spiro atoms. The molecular formula is C24H34N6O. The van der Waals surface area contributed by atoms with Crippen molar-refractivity contribution in [1.29, 1.82) is 0 Å². The maximum atomic E-state index is 12.5. The van der Waals surface area contributed by atoms with E-state index in [0.29, 0.717) is 24.2 Å². The number of hydrogen-bond acceptors (Lipinski definition) is 6. The van der Waals surface area contributed by atoms with Gasteiger partial charge in [0.2, 0.25) is 0 Å². The third-order valence-electron chi connectivity index (χ3n) is 5.98. The summed E-state index contributed by atoms with van der Waals surface area (Å²) in [4.78, 5) is 25.8. The summed E-state index contributed by atoms with van der Waals surface area (Å²) in [6, 6.07) is 10.8. The lowest BCUT2D eigenvalue weighted by Crippen LogP contribution is -2.55. The van der Waals surface area contributed by atoms with Crippen LogP contribution in [-0.2, 0) is 13.0 Å². The monoisotopic (exact) mass is 422 g/mol. The van der Waals surface area contributed by atoms with E-state index in [1.807, 2.05) is 0 Å². The third kappa shape index (κ3) is 6.02. The summed E-state index contributed by atoms with van der Waals surface area (Å²) in [5, 5.41) is 6.42. The molecule has 0 unspecified atom stereocenters. The van der Waals surface area contributed by atoms with Gasteiger partial charge in [-0.2, -0.15) is 0 Å². The molecule has 2 aromatic rings. The van der Waals surface area contributed by atoms with Crippen molar-refractivity contribution in [2.45, 2.75) is 39.3 Å². The van der Waals surface area contributed by atoms with Gasteiger partial charge in [0, 0.05) is 51.9 Å². The van der Waals surface area contributed by atoms with Gasteiger partial charge in [-0.05, 0) is 29.9 Å². The lowest BCUT2D eigenvalue weighted by molar-refractivity contribution is 0.0946. The van der Waals surface area contributed by atoms with Crippen molar-refractivity contribution >= 4 is 11.7 Å². The molecule has 2 aliphatic heterocycles. The molecule has 1 saturated heterocycles. The van der Waals surface area contributed by atoms with E-state index >= 15 is 0 Å². The number of amides is 1. The molecule has 1 fully saturated rings. The standard InChI is InChI=1S/C24H34N6O/c1-18(2)13-30-15-21(16-30)28-23-12-22(26-17-27-23)24(31)25-9-5-10-29-11-8-19-6-3-4-7-20(19)14-29/h3-4,6-7,12,17-18,21H,5,8-11,13-16H2,1-2H3,(H,25,31)(H,26,27,28). The van der Waals surface area contributed by atoms with E-state index in [0.717, 1.165) is 57.9 Å². The normalized spacial score (nSPS) is 17.3. The zero-order chi connectivity index (χ0) is 21.6. The van der Waals surface area contributed by atoms with E-state index in [2.05, 4.69) is 68.5 Å². The van der Waals surface area contributed by atoms with E-state index in [1.165, 1.54) is 17.5 Å². The highest BCUT2D eigenvalue weighted by atomic mass is 16.1. The van der Waals surface area contributed by atoms with Crippen LogP contribution in [0.5, 0.6) is 0 Å². The molecule has 0 atom stereocenters. The zero-order valence-corrected chi connectivity index (χ0v) is 18.7. The minimum atomic E-state index is -0.135. The van der Waals surface area contributed by atoms with Crippen molar-refractivity contribution in [1.82, 2.24) is 25.1 Å². The summed E-state index contributed by atoms with van der Waals surface area (Å²) in [5.74, 6) is 1.27. The van der Waals surface area contributed by atoms with Crippen molar-refractivity contribution in [2.75, 3.05) is 44.6 Å². The quantitative estimate of drug-likeness (QED) is 0.605. The number of nitrogens with zero attached hydrogens (tertiary/aromatic N) is 4. The fourth-order valence-corrected chi connectivity index (χ4v) is 4.44. The second-order valence-electron chi connectivity index (χ2n) is 9.15. The average molecular weight is 423 g/mol. The van der Waals surface area contributed by atoms with Crippen LogP contribution in [0.3, 0.4) is 0 Å². The van der Waals surface area contributed by atoms with E-state index in [1.54, 1.807) is 6.07 Å². The van der Waals surface area contributed by atoms with Crippen molar-refractivity contribution < 1.29 is 4.79 Å². The van der Waals surface area contributed by atoms with Gasteiger partial charge in [-0.1, -0.05) is 38.1 Å². The molecular weight excluding hydrogens is 388 g/mol. The molecule has 0 radical (unpaired) electrons. The number of rotatable bonds is 9. The number of nitrogens with one attached hydrogen (secondary N) is 2. The first kappa shape index (κ1) is 21.7. The number of benzene rings is 1. The smallest absolute Gasteiger partial charge is 0.270 e. The van der Waals surface area contributed by atoms with E-state index in [-0.39, 0.29) is 5.91 Å². The third-order valence-corrected chi connectivity index (χ3v) is 5.98. The Bertz CT molecular complexity index is 880. The SMILES string of the molecule is CC(C)CN1CC(Nc2cc(C(=O)NCCCN3CCc4ccccc4C3)ncn2)C1. The minimum Gasteiger partial charge on any atom is -0.365 e. The van der Waals surface area contributed by atoms with Crippen LogP contribution in [0.2, 0.25) is 0 Å². The van der Waals surface area contributed by atoms with Gasteiger partial charge in [0.25, 0.3) is 5.91 Å². The predicted octanol–water partition coefficient (Wildman–Crippen LogP) is 2.41. The largest absolute Gasteiger partial charge is 0.365 e. The van der Waals surface area contributed by atoms with Crippen LogP contribution in [-0.4, -0.2) is 71.0 Å². The predicted molar refractivity (Wildman–Crippen MR) is 123 cm³/mol. The molecule has 1 aromatic heterocycles. The Hall–Kier alpha value is -2.51. The van der Waals surface area contributed by atoms with Crippen molar-refractivity contribution in [3.8, 4) is 0 Å². The maximum absolute atomic E-state index is 12.5. The van der Waals surface area contributed by atoms with Crippen molar-refractivity contribution in [2.24, 2.45) is 5.92 Å². The molecule has 4 rings (SSSR count). The molecule has 1 aromatic carbocycles. The number of anilines is 1. The zero-order valence-electron chi connectivity index (χ0n) is 18.7. The topological polar surface area (TPSA) is 73.4 Å². The molecule has 166 valence electrons. The van der Waals surface area contributed by atoms with Crippen LogP contribution in [0, 0.1) is 5.92 Å². The van der Waals surface area contributed by atoms with Crippen LogP contribution in [0.15, 0.2) is 36.7 Å². The Balaban J connectivity index is 1.17. The van der Waals surface area contributed by atoms with Gasteiger partial charge in [-0.15, -0.1) is 0 Å². The number of fused-ring (bicyclic) bond motifs is 1. The Morgan fingerprint density at radius 1 is 1.16 bits per heavy atom. The first-order chi connectivity index (χ1) is 15.1. The van der Waals surface area contributed by atoms with Gasteiger partial charge >= 0.3 is 0 Å². The summed E-state index contributed by atoms with van der Waals surface area (Å²) in [7, 11) is 0. The highest BCUT2D eigenvalue weighted by Gasteiger charge is 2.27. The van der Waals surface area contributed by atoms with Gasteiger partial charge < -0.3 is 10.6 Å². The van der Waals surface area contributed by atoms with Gasteiger partial charge in [0.15, 0.2) is 0 Å². The molecule has 0 aliphatic carbocycles. The summed E-state index contributed by atoms with van der Waals surface area (Å²) < 4.78 is 0. The van der Waals surface area contributed by atoms with Crippen LogP contribution in [0.4, 0.5) is 5.82 Å². The van der Waals surface area contributed by atoms with E-state index < -0.39 is 0 Å². The van der Waals surface area contributed by atoms with E-state index in [4.69, 9.17) is 0 Å². The fourth-order valence-electron chi connectivity index (χ4n) is 4.44. The molecule has 1 amide bonds. The number of aromatic nitrogens is 2. The highest BCUT2D eigenvalue weighted by molar-refractivity contribution is 5.92. The summed E-state index contributed by atoms with van der Waals surface area (Å²) in [6.07, 6.45) is 3.50. The Labute approximate surface area is 185 Å². The highest BCUT2D eigenvalue weighted by Crippen LogP contribution is 2.18. The molecule has 7 nitrogen and oxygen atoms in total. The van der Waals surface area contributed by atoms with E-state index in [9.17, 15) is 4.79 Å². The second kappa shape index (κ2) is 10.2. The number of carbonyl (C=O) groups excluding carboxylic acids is 1. The van der Waals surface area contributed by atoms with Crippen LogP contribution < -0.4 is 10.6 Å². The first-order valence-electron chi connectivity index (χ1n) is 11.4. The first-order valence-corrected chi connectivity index (χ1v) is 11.4. The maximum Gasteiger partial charge on any atom is 0.270 e.